The maximum absolute atomic E-state index is 14.2. The van der Waals surface area contributed by atoms with E-state index in [2.05, 4.69) is 0 Å². The molecule has 2 N–H and O–H groups in total. The van der Waals surface area contributed by atoms with Gasteiger partial charge in [-0.05, 0) is 51.7 Å². The van der Waals surface area contributed by atoms with Crippen molar-refractivity contribution in [1.29, 1.82) is 0 Å². The molecule has 0 fully saturated rings. The Labute approximate surface area is 126 Å². The minimum absolute atomic E-state index is 0.234. The van der Waals surface area contributed by atoms with E-state index in [1.165, 1.54) is 23.4 Å². The maximum atomic E-state index is 14.2. The molecular weight excluding hydrogens is 293 g/mol. The van der Waals surface area contributed by atoms with Crippen LogP contribution in [0, 0.1) is 12.7 Å². The van der Waals surface area contributed by atoms with Gasteiger partial charge < -0.3 is 10.6 Å². The molecule has 0 aliphatic rings. The van der Waals surface area contributed by atoms with Gasteiger partial charge in [-0.2, -0.15) is 4.31 Å². The fraction of sp³-hybridized carbons (Fsp3) is 0.571. The molecule has 0 radical (unpaired) electrons. The smallest absolute Gasteiger partial charge is 0.246 e. The minimum Gasteiger partial charge on any atom is -0.399 e. The van der Waals surface area contributed by atoms with Crippen LogP contribution in [0.3, 0.4) is 0 Å². The van der Waals surface area contributed by atoms with Crippen LogP contribution in [0.4, 0.5) is 10.1 Å². The van der Waals surface area contributed by atoms with Gasteiger partial charge in [-0.1, -0.05) is 6.92 Å². The Kier molecular flexibility index (Phi) is 6.12. The molecule has 0 aromatic heterocycles. The number of nitrogens with two attached hydrogens (primary N) is 1. The number of hydrogen-bond acceptors (Lipinski definition) is 4. The Morgan fingerprint density at radius 1 is 1.24 bits per heavy atom. The first-order chi connectivity index (χ1) is 9.70. The predicted molar refractivity (Wildman–Crippen MR) is 83.2 cm³/mol. The van der Waals surface area contributed by atoms with E-state index < -0.39 is 15.8 Å². The lowest BCUT2D eigenvalue weighted by Crippen LogP contribution is -2.34. The highest BCUT2D eigenvalue weighted by Gasteiger charge is 2.27. The SMILES string of the molecule is CCN(CCCN(C)C)S(=O)(=O)c1cc(N)cc(C)c1F. The van der Waals surface area contributed by atoms with E-state index in [1.54, 1.807) is 6.92 Å². The summed E-state index contributed by atoms with van der Waals surface area (Å²) in [5.41, 5.74) is 6.13. The van der Waals surface area contributed by atoms with Crippen LogP contribution in [0.15, 0.2) is 17.0 Å². The highest BCUT2D eigenvalue weighted by atomic mass is 32.2. The van der Waals surface area contributed by atoms with Gasteiger partial charge in [-0.25, -0.2) is 12.8 Å². The summed E-state index contributed by atoms with van der Waals surface area (Å²) < 4.78 is 40.6. The first-order valence-electron chi connectivity index (χ1n) is 6.90. The predicted octanol–water partition coefficient (Wildman–Crippen LogP) is 1.68. The van der Waals surface area contributed by atoms with E-state index in [9.17, 15) is 12.8 Å². The first-order valence-corrected chi connectivity index (χ1v) is 8.34. The van der Waals surface area contributed by atoms with Gasteiger partial charge in [-0.15, -0.1) is 0 Å². The van der Waals surface area contributed by atoms with Gasteiger partial charge in [0.15, 0.2) is 0 Å². The molecule has 1 aromatic carbocycles. The van der Waals surface area contributed by atoms with Crippen molar-refractivity contribution >= 4 is 15.7 Å². The van der Waals surface area contributed by atoms with Gasteiger partial charge in [0, 0.05) is 18.8 Å². The lowest BCUT2D eigenvalue weighted by molar-refractivity contribution is 0.355. The number of hydrogen-bond donors (Lipinski definition) is 1. The fourth-order valence-corrected chi connectivity index (χ4v) is 3.76. The number of anilines is 1. The number of nitrogen functional groups attached to an aromatic ring is 1. The number of halogens is 1. The third-order valence-electron chi connectivity index (χ3n) is 3.23. The van der Waals surface area contributed by atoms with Crippen LogP contribution in [0.1, 0.15) is 18.9 Å². The average Bonchev–Trinajstić information content (AvgIpc) is 2.38. The Morgan fingerprint density at radius 3 is 2.38 bits per heavy atom. The monoisotopic (exact) mass is 317 g/mol. The van der Waals surface area contributed by atoms with Crippen LogP contribution in [-0.2, 0) is 10.0 Å². The van der Waals surface area contributed by atoms with Crippen LogP contribution in [0.25, 0.3) is 0 Å². The molecular formula is C14H24FN3O2S. The zero-order chi connectivity index (χ0) is 16.2. The second-order valence-corrected chi connectivity index (χ2v) is 7.21. The highest BCUT2D eigenvalue weighted by molar-refractivity contribution is 7.89. The van der Waals surface area contributed by atoms with Crippen molar-refractivity contribution in [1.82, 2.24) is 9.21 Å². The number of benzene rings is 1. The third-order valence-corrected chi connectivity index (χ3v) is 5.20. The quantitative estimate of drug-likeness (QED) is 0.777. The summed E-state index contributed by atoms with van der Waals surface area (Å²) in [7, 11) is -0.0203. The standard InChI is InChI=1S/C14H24FN3O2S/c1-5-18(8-6-7-17(3)4)21(19,20)13-10-12(16)9-11(2)14(13)15/h9-10H,5-8,16H2,1-4H3. The number of nitrogens with zero attached hydrogens (tertiary/aromatic N) is 2. The summed E-state index contributed by atoms with van der Waals surface area (Å²) in [4.78, 5) is 1.64. The average molecular weight is 317 g/mol. The van der Waals surface area contributed by atoms with E-state index in [0.717, 1.165) is 6.54 Å². The van der Waals surface area contributed by atoms with Crippen molar-refractivity contribution in [3.8, 4) is 0 Å². The van der Waals surface area contributed by atoms with Crippen molar-refractivity contribution < 1.29 is 12.8 Å². The molecule has 0 unspecified atom stereocenters. The molecule has 0 spiro atoms. The fourth-order valence-electron chi connectivity index (χ4n) is 2.10. The summed E-state index contributed by atoms with van der Waals surface area (Å²) in [6, 6.07) is 2.61. The molecule has 0 bridgehead atoms. The van der Waals surface area contributed by atoms with Crippen LogP contribution < -0.4 is 5.73 Å². The highest BCUT2D eigenvalue weighted by Crippen LogP contribution is 2.24. The Balaban J connectivity index is 3.08. The topological polar surface area (TPSA) is 66.6 Å². The van der Waals surface area contributed by atoms with E-state index >= 15 is 0 Å². The van der Waals surface area contributed by atoms with Crippen molar-refractivity contribution in [3.63, 3.8) is 0 Å². The third kappa shape index (κ3) is 4.39. The lowest BCUT2D eigenvalue weighted by Gasteiger charge is -2.22. The first kappa shape index (κ1) is 17.9. The normalized spacial score (nSPS) is 12.3. The van der Waals surface area contributed by atoms with Crippen molar-refractivity contribution in [2.24, 2.45) is 0 Å². The lowest BCUT2D eigenvalue weighted by atomic mass is 10.2. The largest absolute Gasteiger partial charge is 0.399 e. The molecule has 120 valence electrons. The number of sulfonamides is 1. The molecule has 1 rings (SSSR count). The van der Waals surface area contributed by atoms with E-state index in [4.69, 9.17) is 5.73 Å². The van der Waals surface area contributed by atoms with Crippen molar-refractivity contribution in [2.45, 2.75) is 25.2 Å². The van der Waals surface area contributed by atoms with Gasteiger partial charge in [0.05, 0.1) is 0 Å². The minimum atomic E-state index is -3.86. The number of rotatable bonds is 7. The molecule has 0 aliphatic heterocycles. The molecule has 0 saturated carbocycles. The van der Waals surface area contributed by atoms with E-state index in [0.29, 0.717) is 19.5 Å². The van der Waals surface area contributed by atoms with Crippen LogP contribution in [0.5, 0.6) is 0 Å². The summed E-state index contributed by atoms with van der Waals surface area (Å²) in [6.07, 6.45) is 0.684. The van der Waals surface area contributed by atoms with E-state index in [1.807, 2.05) is 19.0 Å². The summed E-state index contributed by atoms with van der Waals surface area (Å²) >= 11 is 0. The van der Waals surface area contributed by atoms with Gasteiger partial charge in [0.2, 0.25) is 10.0 Å². The Bertz CT molecular complexity index is 588. The van der Waals surface area contributed by atoms with Gasteiger partial charge in [0.25, 0.3) is 0 Å². The Morgan fingerprint density at radius 2 is 1.86 bits per heavy atom. The maximum Gasteiger partial charge on any atom is 0.246 e. The molecule has 0 heterocycles. The second-order valence-electron chi connectivity index (χ2n) is 5.30. The zero-order valence-corrected chi connectivity index (χ0v) is 13.9. The molecule has 21 heavy (non-hydrogen) atoms. The van der Waals surface area contributed by atoms with Gasteiger partial charge in [0.1, 0.15) is 10.7 Å². The molecule has 1 aromatic rings. The van der Waals surface area contributed by atoms with E-state index in [-0.39, 0.29) is 16.1 Å². The molecule has 0 atom stereocenters. The van der Waals surface area contributed by atoms with Crippen molar-refractivity contribution in [2.75, 3.05) is 39.5 Å². The summed E-state index contributed by atoms with van der Waals surface area (Å²) in [5.74, 6) is -0.727. The summed E-state index contributed by atoms with van der Waals surface area (Å²) in [5, 5.41) is 0. The molecule has 0 aliphatic carbocycles. The van der Waals surface area contributed by atoms with Crippen LogP contribution in [0.2, 0.25) is 0 Å². The number of aryl methyl sites for hydroxylation is 1. The zero-order valence-electron chi connectivity index (χ0n) is 13.1. The molecule has 0 amide bonds. The van der Waals surface area contributed by atoms with Crippen molar-refractivity contribution in [3.05, 3.63) is 23.5 Å². The summed E-state index contributed by atoms with van der Waals surface area (Å²) in [6.45, 7) is 4.66. The van der Waals surface area contributed by atoms with Crippen LogP contribution in [-0.4, -0.2) is 51.4 Å². The van der Waals surface area contributed by atoms with Gasteiger partial charge >= 0.3 is 0 Å². The van der Waals surface area contributed by atoms with Gasteiger partial charge in [-0.3, -0.25) is 0 Å². The molecule has 0 saturated heterocycles. The Hall–Kier alpha value is -1.18. The molecule has 7 heteroatoms. The molecule has 5 nitrogen and oxygen atoms in total. The second kappa shape index (κ2) is 7.20. The van der Waals surface area contributed by atoms with Crippen LogP contribution >= 0.6 is 0 Å².